The van der Waals surface area contributed by atoms with Crippen molar-refractivity contribution in [1.82, 2.24) is 4.90 Å². The quantitative estimate of drug-likeness (QED) is 0.434. The molecule has 120 valence electrons. The zero-order valence-electron chi connectivity index (χ0n) is 12.5. The molecular weight excluding hydrogens is 352 g/mol. The Kier molecular flexibility index (Phi) is 6.17. The van der Waals surface area contributed by atoms with E-state index in [1.165, 1.54) is 0 Å². The third kappa shape index (κ3) is 4.56. The first-order valence-electron chi connectivity index (χ1n) is 5.90. The van der Waals surface area contributed by atoms with E-state index in [4.69, 9.17) is 11.2 Å². The van der Waals surface area contributed by atoms with Gasteiger partial charge in [-0.1, -0.05) is 5.92 Å². The maximum absolute atomic E-state index is 13.9. The van der Waals surface area contributed by atoms with Gasteiger partial charge < -0.3 is 9.47 Å². The molecule has 0 aromatic carbocycles. The molecule has 0 spiro atoms. The van der Waals surface area contributed by atoms with Gasteiger partial charge in [-0.3, -0.25) is 4.90 Å². The third-order valence-corrected chi connectivity index (χ3v) is 3.31. The number of esters is 1. The molecule has 5 nitrogen and oxygen atoms in total. The molecule has 1 unspecified atom stereocenters. The topological polar surface area (TPSA) is 55.8 Å². The van der Waals surface area contributed by atoms with Crippen LogP contribution in [0.25, 0.3) is 0 Å². The van der Waals surface area contributed by atoms with Crippen molar-refractivity contribution in [2.75, 3.05) is 13.7 Å². The molecule has 0 radical (unpaired) electrons. The molecular formula is C13H18BrF2NO4. The van der Waals surface area contributed by atoms with Gasteiger partial charge in [0.25, 0.3) is 0 Å². The number of rotatable bonds is 4. The predicted molar refractivity (Wildman–Crippen MR) is 76.1 cm³/mol. The number of alkyl halides is 3. The molecule has 0 aliphatic rings. The molecule has 0 aliphatic heterocycles. The molecule has 0 aromatic heterocycles. The summed E-state index contributed by atoms with van der Waals surface area (Å²) < 4.78 is 37.1. The number of methoxy groups -OCH3 is 1. The van der Waals surface area contributed by atoms with Gasteiger partial charge in [0.15, 0.2) is 0 Å². The number of carbonyl (C=O) groups excluding carboxylic acids is 2. The molecule has 1 amide bonds. The third-order valence-electron chi connectivity index (χ3n) is 2.54. The first kappa shape index (κ1) is 19.6. The fourth-order valence-corrected chi connectivity index (χ4v) is 1.77. The largest absolute Gasteiger partial charge is 0.467 e. The molecule has 8 heteroatoms. The van der Waals surface area contributed by atoms with Gasteiger partial charge in [0, 0.05) is 0 Å². The summed E-state index contributed by atoms with van der Waals surface area (Å²) in [6.07, 6.45) is 3.95. The van der Waals surface area contributed by atoms with Crippen molar-refractivity contribution in [1.29, 1.82) is 0 Å². The lowest BCUT2D eigenvalue weighted by Crippen LogP contribution is -2.64. The number of amides is 1. The monoisotopic (exact) mass is 369 g/mol. The van der Waals surface area contributed by atoms with Crippen molar-refractivity contribution in [3.8, 4) is 12.3 Å². The highest BCUT2D eigenvalue weighted by molar-refractivity contribution is 9.10. The van der Waals surface area contributed by atoms with Crippen LogP contribution < -0.4 is 0 Å². The lowest BCUT2D eigenvalue weighted by Gasteiger charge is -2.40. The van der Waals surface area contributed by atoms with Crippen LogP contribution in [0.4, 0.5) is 13.6 Å². The molecule has 21 heavy (non-hydrogen) atoms. The fourth-order valence-electron chi connectivity index (χ4n) is 1.39. The van der Waals surface area contributed by atoms with Crippen LogP contribution in [0.3, 0.4) is 0 Å². The predicted octanol–water partition coefficient (Wildman–Crippen LogP) is 2.78. The zero-order valence-corrected chi connectivity index (χ0v) is 14.1. The molecule has 0 fully saturated rings. The number of ether oxygens (including phenoxy) is 2. The molecule has 0 N–H and O–H groups in total. The lowest BCUT2D eigenvalue weighted by atomic mass is 10.0. The summed E-state index contributed by atoms with van der Waals surface area (Å²) in [6, 6.07) is 0. The first-order valence-corrected chi connectivity index (χ1v) is 6.69. The van der Waals surface area contributed by atoms with Crippen LogP contribution in [0.5, 0.6) is 0 Å². The van der Waals surface area contributed by atoms with Crippen LogP contribution >= 0.6 is 15.9 Å². The molecule has 0 heterocycles. The molecule has 0 rings (SSSR count). The van der Waals surface area contributed by atoms with E-state index in [0.717, 1.165) is 14.0 Å². The van der Waals surface area contributed by atoms with Gasteiger partial charge in [0.2, 0.25) is 5.54 Å². The number of carbonyl (C=O) groups is 2. The average Bonchev–Trinajstić information content (AvgIpc) is 2.30. The summed E-state index contributed by atoms with van der Waals surface area (Å²) in [5.74, 6) is 0.726. The summed E-state index contributed by atoms with van der Waals surface area (Å²) in [4.78, 5) is 20.6. The van der Waals surface area contributed by atoms with Crippen molar-refractivity contribution in [2.45, 2.75) is 43.7 Å². The minimum absolute atomic E-state index is 0.457. The minimum Gasteiger partial charge on any atom is -0.467 e. The van der Waals surface area contributed by atoms with Gasteiger partial charge >= 0.3 is 16.9 Å². The molecule has 0 aromatic rings. The van der Waals surface area contributed by atoms with Crippen LogP contribution in [-0.4, -0.2) is 46.6 Å². The Morgan fingerprint density at radius 2 is 1.76 bits per heavy atom. The summed E-state index contributed by atoms with van der Waals surface area (Å²) in [5.41, 5.74) is -3.60. The standard InChI is InChI=1S/C13H18BrF2NO4/c1-7-8-17(10(19)21-11(2,3)4)12(5,9(18)20-6)13(14,15)16/h1H,8H2,2-6H3. The highest BCUT2D eigenvalue weighted by Gasteiger charge is 2.61. The Balaban J connectivity index is 5.83. The van der Waals surface area contributed by atoms with Gasteiger partial charge in [-0.05, 0) is 43.6 Å². The van der Waals surface area contributed by atoms with Gasteiger partial charge in [0.1, 0.15) is 5.60 Å². The van der Waals surface area contributed by atoms with E-state index < -0.39 is 34.6 Å². The summed E-state index contributed by atoms with van der Waals surface area (Å²) in [6.45, 7) is 4.96. The van der Waals surface area contributed by atoms with E-state index in [1.54, 1.807) is 20.8 Å². The number of terminal acetylenes is 1. The Labute approximate surface area is 131 Å². The van der Waals surface area contributed by atoms with Gasteiger partial charge in [-0.25, -0.2) is 9.59 Å². The minimum atomic E-state index is -3.78. The van der Waals surface area contributed by atoms with Gasteiger partial charge in [-0.15, -0.1) is 6.42 Å². The Bertz CT molecular complexity index is 451. The normalized spacial score (nSPS) is 14.6. The Morgan fingerprint density at radius 1 is 1.29 bits per heavy atom. The van der Waals surface area contributed by atoms with E-state index >= 15 is 0 Å². The van der Waals surface area contributed by atoms with Crippen molar-refractivity contribution in [3.05, 3.63) is 0 Å². The van der Waals surface area contributed by atoms with Gasteiger partial charge in [0.05, 0.1) is 13.7 Å². The maximum atomic E-state index is 13.9. The van der Waals surface area contributed by atoms with Crippen LogP contribution in [0.1, 0.15) is 27.7 Å². The van der Waals surface area contributed by atoms with Crippen molar-refractivity contribution in [2.24, 2.45) is 0 Å². The molecule has 0 saturated carbocycles. The average molecular weight is 370 g/mol. The summed E-state index contributed by atoms with van der Waals surface area (Å²) in [5, 5.41) is 0. The van der Waals surface area contributed by atoms with Crippen LogP contribution in [0, 0.1) is 12.3 Å². The van der Waals surface area contributed by atoms with Crippen LogP contribution in [-0.2, 0) is 14.3 Å². The first-order chi connectivity index (χ1) is 9.31. The van der Waals surface area contributed by atoms with Crippen molar-refractivity contribution in [3.63, 3.8) is 0 Å². The highest BCUT2D eigenvalue weighted by atomic mass is 79.9. The van der Waals surface area contributed by atoms with E-state index in [0.29, 0.717) is 4.90 Å². The number of hydrogen-bond donors (Lipinski definition) is 0. The van der Waals surface area contributed by atoms with E-state index in [2.05, 4.69) is 26.6 Å². The SMILES string of the molecule is C#CCN(C(=O)OC(C)(C)C)C(C)(C(=O)OC)C(F)(F)Br. The van der Waals surface area contributed by atoms with E-state index in [1.807, 2.05) is 0 Å². The lowest BCUT2D eigenvalue weighted by molar-refractivity contribution is -0.167. The number of nitrogens with zero attached hydrogens (tertiary/aromatic N) is 1. The highest BCUT2D eigenvalue weighted by Crippen LogP contribution is 2.40. The Morgan fingerprint density at radius 3 is 2.05 bits per heavy atom. The van der Waals surface area contributed by atoms with E-state index in [9.17, 15) is 18.4 Å². The van der Waals surface area contributed by atoms with Crippen molar-refractivity contribution < 1.29 is 27.8 Å². The molecule has 1 atom stereocenters. The maximum Gasteiger partial charge on any atom is 0.412 e. The number of halogens is 3. The fraction of sp³-hybridized carbons (Fsp3) is 0.692. The van der Waals surface area contributed by atoms with E-state index in [-0.39, 0.29) is 0 Å². The Hall–Kier alpha value is -1.36. The van der Waals surface area contributed by atoms with Crippen LogP contribution in [0.2, 0.25) is 0 Å². The van der Waals surface area contributed by atoms with Crippen LogP contribution in [0.15, 0.2) is 0 Å². The zero-order chi connectivity index (χ0) is 17.1. The molecule has 0 saturated heterocycles. The smallest absolute Gasteiger partial charge is 0.412 e. The second kappa shape index (κ2) is 6.60. The van der Waals surface area contributed by atoms with Crippen molar-refractivity contribution >= 4 is 28.0 Å². The summed E-state index contributed by atoms with van der Waals surface area (Å²) in [7, 11) is 0.933. The summed E-state index contributed by atoms with van der Waals surface area (Å²) >= 11 is 2.11. The second-order valence-electron chi connectivity index (χ2n) is 5.33. The number of hydrogen-bond acceptors (Lipinski definition) is 4. The molecule has 0 bridgehead atoms. The molecule has 0 aliphatic carbocycles. The second-order valence-corrected chi connectivity index (χ2v) is 6.33. The van der Waals surface area contributed by atoms with Gasteiger partial charge in [-0.2, -0.15) is 8.78 Å².